The van der Waals surface area contributed by atoms with Crippen molar-refractivity contribution in [3.63, 3.8) is 0 Å². The molecule has 0 radical (unpaired) electrons. The molecule has 1 fully saturated rings. The van der Waals surface area contributed by atoms with Crippen molar-refractivity contribution in [2.24, 2.45) is 11.8 Å². The van der Waals surface area contributed by atoms with Gasteiger partial charge in [-0.05, 0) is 31.7 Å². The van der Waals surface area contributed by atoms with Crippen molar-refractivity contribution in [1.29, 1.82) is 0 Å². The molecule has 0 amide bonds. The van der Waals surface area contributed by atoms with Gasteiger partial charge in [0.15, 0.2) is 0 Å². The topological polar surface area (TPSA) is 67.1 Å². The first-order valence-corrected chi connectivity index (χ1v) is 8.52. The van der Waals surface area contributed by atoms with Crippen LogP contribution in [0.1, 0.15) is 37.5 Å². The van der Waals surface area contributed by atoms with E-state index in [0.717, 1.165) is 35.0 Å². The van der Waals surface area contributed by atoms with Gasteiger partial charge in [0.05, 0.1) is 5.39 Å². The van der Waals surface area contributed by atoms with Crippen molar-refractivity contribution in [2.75, 3.05) is 23.4 Å². The zero-order chi connectivity index (χ0) is 14.8. The van der Waals surface area contributed by atoms with Crippen LogP contribution < -0.4 is 16.2 Å². The first-order chi connectivity index (χ1) is 10.2. The second kappa shape index (κ2) is 6.15. The molecule has 3 heterocycles. The van der Waals surface area contributed by atoms with E-state index in [9.17, 15) is 0 Å². The Hall–Kier alpha value is -1.40. The number of rotatable bonds is 4. The second-order valence-electron chi connectivity index (χ2n) is 5.81. The van der Waals surface area contributed by atoms with Gasteiger partial charge in [-0.1, -0.05) is 19.8 Å². The Labute approximate surface area is 129 Å². The lowest BCUT2D eigenvalue weighted by molar-refractivity contribution is 0.378. The number of thiophene rings is 1. The number of hydrogen-bond donors (Lipinski definition) is 2. The van der Waals surface area contributed by atoms with E-state index >= 15 is 0 Å². The van der Waals surface area contributed by atoms with Crippen molar-refractivity contribution >= 4 is 33.3 Å². The number of nitrogens with zero attached hydrogens (tertiary/aromatic N) is 3. The molecule has 114 valence electrons. The van der Waals surface area contributed by atoms with E-state index in [-0.39, 0.29) is 0 Å². The maximum Gasteiger partial charge on any atom is 0.240 e. The van der Waals surface area contributed by atoms with Gasteiger partial charge >= 0.3 is 0 Å². The molecule has 3 rings (SSSR count). The van der Waals surface area contributed by atoms with E-state index in [1.165, 1.54) is 30.6 Å². The molecule has 6 heteroatoms. The summed E-state index contributed by atoms with van der Waals surface area (Å²) in [6.45, 7) is 6.54. The summed E-state index contributed by atoms with van der Waals surface area (Å²) in [6.07, 6.45) is 5.15. The molecule has 2 aromatic heterocycles. The van der Waals surface area contributed by atoms with Crippen molar-refractivity contribution in [3.8, 4) is 0 Å². The molecule has 0 spiro atoms. The Bertz CT molecular complexity index is 616. The summed E-state index contributed by atoms with van der Waals surface area (Å²) in [5.41, 5.74) is 2.59. The lowest BCUT2D eigenvalue weighted by Gasteiger charge is -2.33. The van der Waals surface area contributed by atoms with Gasteiger partial charge in [0.2, 0.25) is 5.95 Å². The molecule has 1 saturated heterocycles. The van der Waals surface area contributed by atoms with E-state index < -0.39 is 0 Å². The molecule has 21 heavy (non-hydrogen) atoms. The van der Waals surface area contributed by atoms with E-state index in [1.54, 1.807) is 11.3 Å². The molecule has 5 nitrogen and oxygen atoms in total. The Morgan fingerprint density at radius 1 is 1.38 bits per heavy atom. The normalized spacial score (nSPS) is 16.6. The molecule has 1 aliphatic heterocycles. The SMILES string of the molecule is CCCC1CCN(c2nc(NN)nc3sc(C)cc23)CC1. The molecule has 0 aliphatic carbocycles. The van der Waals surface area contributed by atoms with Crippen LogP contribution in [0.2, 0.25) is 0 Å². The van der Waals surface area contributed by atoms with E-state index in [1.807, 2.05) is 0 Å². The molecular weight excluding hydrogens is 282 g/mol. The number of nitrogens with one attached hydrogen (secondary N) is 1. The predicted molar refractivity (Wildman–Crippen MR) is 89.8 cm³/mol. The van der Waals surface area contributed by atoms with Gasteiger partial charge in [0.25, 0.3) is 0 Å². The second-order valence-corrected chi connectivity index (χ2v) is 7.04. The van der Waals surface area contributed by atoms with Crippen LogP contribution in [-0.2, 0) is 0 Å². The average Bonchev–Trinajstić information content (AvgIpc) is 2.87. The molecule has 0 aromatic carbocycles. The first-order valence-electron chi connectivity index (χ1n) is 7.71. The fourth-order valence-electron chi connectivity index (χ4n) is 3.17. The summed E-state index contributed by atoms with van der Waals surface area (Å²) in [7, 11) is 0. The Morgan fingerprint density at radius 2 is 2.14 bits per heavy atom. The lowest BCUT2D eigenvalue weighted by Crippen LogP contribution is -2.34. The van der Waals surface area contributed by atoms with Crippen LogP contribution in [0.4, 0.5) is 11.8 Å². The maximum atomic E-state index is 5.52. The average molecular weight is 305 g/mol. The van der Waals surface area contributed by atoms with E-state index in [2.05, 4.69) is 40.2 Å². The van der Waals surface area contributed by atoms with Crippen LogP contribution in [0, 0.1) is 12.8 Å². The summed E-state index contributed by atoms with van der Waals surface area (Å²) < 4.78 is 0. The molecule has 0 unspecified atom stereocenters. The summed E-state index contributed by atoms with van der Waals surface area (Å²) >= 11 is 1.70. The smallest absolute Gasteiger partial charge is 0.240 e. The van der Waals surface area contributed by atoms with Gasteiger partial charge in [0.1, 0.15) is 10.6 Å². The third kappa shape index (κ3) is 2.96. The van der Waals surface area contributed by atoms with Gasteiger partial charge < -0.3 is 4.90 Å². The molecule has 3 N–H and O–H groups in total. The van der Waals surface area contributed by atoms with Crippen molar-refractivity contribution in [2.45, 2.75) is 39.5 Å². The number of hydrogen-bond acceptors (Lipinski definition) is 6. The molecule has 1 aliphatic rings. The third-order valence-corrected chi connectivity index (χ3v) is 5.18. The van der Waals surface area contributed by atoms with Crippen LogP contribution in [0.5, 0.6) is 0 Å². The predicted octanol–water partition coefficient (Wildman–Crippen LogP) is 3.30. The quantitative estimate of drug-likeness (QED) is 0.670. The highest BCUT2D eigenvalue weighted by Gasteiger charge is 2.22. The summed E-state index contributed by atoms with van der Waals surface area (Å²) in [6, 6.07) is 2.19. The minimum absolute atomic E-state index is 0.509. The highest BCUT2D eigenvalue weighted by molar-refractivity contribution is 7.18. The molecule has 0 atom stereocenters. The van der Waals surface area contributed by atoms with Gasteiger partial charge in [0, 0.05) is 18.0 Å². The number of nitrogens with two attached hydrogens (primary N) is 1. The summed E-state index contributed by atoms with van der Waals surface area (Å²) in [5, 5.41) is 1.16. The fourth-order valence-corrected chi connectivity index (χ4v) is 4.05. The molecule has 0 saturated carbocycles. The monoisotopic (exact) mass is 305 g/mol. The number of hydrazine groups is 1. The number of piperidine rings is 1. The standard InChI is InChI=1S/C15H23N5S/c1-3-4-11-5-7-20(8-6-11)13-12-9-10(2)21-14(12)18-15(17-13)19-16/h9,11H,3-8,16H2,1-2H3,(H,17,18,19). The zero-order valence-corrected chi connectivity index (χ0v) is 13.5. The van der Waals surface area contributed by atoms with Crippen LogP contribution in [0.15, 0.2) is 6.07 Å². The maximum absolute atomic E-state index is 5.52. The number of aromatic nitrogens is 2. The third-order valence-electron chi connectivity index (χ3n) is 4.24. The van der Waals surface area contributed by atoms with Crippen molar-refractivity contribution in [3.05, 3.63) is 10.9 Å². The lowest BCUT2D eigenvalue weighted by atomic mass is 9.92. The van der Waals surface area contributed by atoms with Gasteiger partial charge in [-0.25, -0.2) is 10.8 Å². The fraction of sp³-hybridized carbons (Fsp3) is 0.600. The summed E-state index contributed by atoms with van der Waals surface area (Å²) in [5.74, 6) is 7.94. The van der Waals surface area contributed by atoms with E-state index in [4.69, 9.17) is 5.84 Å². The highest BCUT2D eigenvalue weighted by Crippen LogP contribution is 2.34. The highest BCUT2D eigenvalue weighted by atomic mass is 32.1. The van der Waals surface area contributed by atoms with E-state index in [0.29, 0.717) is 5.95 Å². The van der Waals surface area contributed by atoms with Gasteiger partial charge in [-0.15, -0.1) is 11.3 Å². The van der Waals surface area contributed by atoms with Crippen LogP contribution in [0.25, 0.3) is 10.2 Å². The Kier molecular flexibility index (Phi) is 4.26. The Balaban J connectivity index is 1.89. The minimum Gasteiger partial charge on any atom is -0.356 e. The van der Waals surface area contributed by atoms with Crippen molar-refractivity contribution in [1.82, 2.24) is 9.97 Å². The molecular formula is C15H23N5S. The van der Waals surface area contributed by atoms with Gasteiger partial charge in [-0.2, -0.15) is 4.98 Å². The van der Waals surface area contributed by atoms with Crippen LogP contribution >= 0.6 is 11.3 Å². The zero-order valence-electron chi connectivity index (χ0n) is 12.7. The Morgan fingerprint density at radius 3 is 2.81 bits per heavy atom. The van der Waals surface area contributed by atoms with Crippen LogP contribution in [-0.4, -0.2) is 23.1 Å². The summed E-state index contributed by atoms with van der Waals surface area (Å²) in [4.78, 5) is 13.7. The largest absolute Gasteiger partial charge is 0.356 e. The van der Waals surface area contributed by atoms with Crippen LogP contribution in [0.3, 0.4) is 0 Å². The molecule has 0 bridgehead atoms. The minimum atomic E-state index is 0.509. The first kappa shape index (κ1) is 14.5. The van der Waals surface area contributed by atoms with Gasteiger partial charge in [-0.3, -0.25) is 5.43 Å². The number of fused-ring (bicyclic) bond motifs is 1. The molecule has 2 aromatic rings. The number of nitrogen functional groups attached to an aromatic ring is 1. The van der Waals surface area contributed by atoms with Crippen molar-refractivity contribution < 1.29 is 0 Å². The number of anilines is 2. The number of aryl methyl sites for hydroxylation is 1.